The van der Waals surface area contributed by atoms with Crippen LogP contribution in [0.4, 0.5) is 13.2 Å². The molecule has 0 spiro atoms. The third-order valence-corrected chi connectivity index (χ3v) is 3.85. The van der Waals surface area contributed by atoms with Gasteiger partial charge in [-0.05, 0) is 20.8 Å². The van der Waals surface area contributed by atoms with E-state index in [2.05, 4.69) is 14.1 Å². The van der Waals surface area contributed by atoms with E-state index in [-0.39, 0.29) is 5.19 Å². The first-order valence-electron chi connectivity index (χ1n) is 5.19. The highest BCUT2D eigenvalue weighted by molar-refractivity contribution is 7.91. The molecule has 108 valence electrons. The summed E-state index contributed by atoms with van der Waals surface area (Å²) in [5.41, 5.74) is 0. The lowest BCUT2D eigenvalue weighted by molar-refractivity contribution is -0.153. The van der Waals surface area contributed by atoms with Crippen LogP contribution in [-0.2, 0) is 11.4 Å². The van der Waals surface area contributed by atoms with Crippen LogP contribution < -0.4 is 4.74 Å². The number of ether oxygens (including phenoxy) is 1. The number of nitrogens with zero attached hydrogens (tertiary/aromatic N) is 2. The van der Waals surface area contributed by atoms with Crippen LogP contribution >= 0.6 is 11.3 Å². The molecule has 0 radical (unpaired) electrons. The van der Waals surface area contributed by atoms with E-state index in [1.54, 1.807) is 20.8 Å². The molecule has 0 amide bonds. The molecule has 1 aromatic rings. The van der Waals surface area contributed by atoms with E-state index in [1.165, 1.54) is 12.4 Å². The first-order valence-corrected chi connectivity index (χ1v) is 7.12. The van der Waals surface area contributed by atoms with Crippen LogP contribution in [0.1, 0.15) is 25.6 Å². The third kappa shape index (κ3) is 6.26. The van der Waals surface area contributed by atoms with Crippen LogP contribution in [0.5, 0.6) is 5.19 Å². The van der Waals surface area contributed by atoms with Crippen molar-refractivity contribution >= 4 is 28.9 Å². The van der Waals surface area contributed by atoms with E-state index < -0.39 is 28.9 Å². The van der Waals surface area contributed by atoms with Gasteiger partial charge in [-0.2, -0.15) is 13.2 Å². The SMILES string of the molecule is CC(C)(C)[S@@+]([O-])N=Cc1cnc(OCC(F)(F)F)s1. The molecule has 19 heavy (non-hydrogen) atoms. The summed E-state index contributed by atoms with van der Waals surface area (Å²) in [6.07, 6.45) is -1.76. The topological polar surface area (TPSA) is 57.5 Å². The summed E-state index contributed by atoms with van der Waals surface area (Å²) in [5, 5.41) is -0.0969. The number of alkyl halides is 3. The predicted molar refractivity (Wildman–Crippen MR) is 69.2 cm³/mol. The lowest BCUT2D eigenvalue weighted by Crippen LogP contribution is -2.25. The Balaban J connectivity index is 2.58. The minimum atomic E-state index is -4.40. The fraction of sp³-hybridized carbons (Fsp3) is 0.600. The molecule has 0 saturated carbocycles. The van der Waals surface area contributed by atoms with Crippen molar-refractivity contribution in [1.82, 2.24) is 4.98 Å². The number of thiazole rings is 1. The molecule has 0 bridgehead atoms. The maximum atomic E-state index is 11.9. The smallest absolute Gasteiger partial charge is 0.422 e. The fourth-order valence-electron chi connectivity index (χ4n) is 0.798. The normalized spacial score (nSPS) is 14.9. The van der Waals surface area contributed by atoms with E-state index >= 15 is 0 Å². The first-order chi connectivity index (χ1) is 8.58. The average Bonchev–Trinajstić information content (AvgIpc) is 2.68. The molecule has 0 aliphatic rings. The number of hydrogen-bond acceptors (Lipinski definition) is 5. The first kappa shape index (κ1) is 16.3. The van der Waals surface area contributed by atoms with Crippen molar-refractivity contribution in [2.24, 2.45) is 4.40 Å². The zero-order valence-corrected chi connectivity index (χ0v) is 12.2. The molecule has 0 aromatic carbocycles. The van der Waals surface area contributed by atoms with Gasteiger partial charge >= 0.3 is 6.18 Å². The van der Waals surface area contributed by atoms with Gasteiger partial charge in [0.1, 0.15) is 16.1 Å². The second kappa shape index (κ2) is 6.10. The third-order valence-electron chi connectivity index (χ3n) is 1.66. The maximum absolute atomic E-state index is 11.9. The number of aromatic nitrogens is 1. The molecule has 0 saturated heterocycles. The lowest BCUT2D eigenvalue weighted by atomic mass is 10.3. The van der Waals surface area contributed by atoms with Crippen LogP contribution in [0.3, 0.4) is 0 Å². The van der Waals surface area contributed by atoms with Crippen LogP contribution in [-0.4, -0.2) is 33.3 Å². The second-order valence-corrected chi connectivity index (χ2v) is 7.49. The molecule has 1 rings (SSSR count). The Kier molecular flexibility index (Phi) is 5.22. The van der Waals surface area contributed by atoms with Gasteiger partial charge in [-0.15, -0.1) is 0 Å². The van der Waals surface area contributed by atoms with Crippen molar-refractivity contribution in [3.8, 4) is 5.19 Å². The van der Waals surface area contributed by atoms with Crippen LogP contribution in [0.2, 0.25) is 0 Å². The molecule has 0 aliphatic carbocycles. The Bertz CT molecular complexity index is 441. The molecule has 1 aromatic heterocycles. The minimum Gasteiger partial charge on any atom is -0.591 e. The molecule has 0 N–H and O–H groups in total. The van der Waals surface area contributed by atoms with Crippen molar-refractivity contribution in [2.75, 3.05) is 6.61 Å². The zero-order chi connectivity index (χ0) is 14.7. The van der Waals surface area contributed by atoms with E-state index in [0.717, 1.165) is 11.3 Å². The summed E-state index contributed by atoms with van der Waals surface area (Å²) in [6.45, 7) is 3.92. The van der Waals surface area contributed by atoms with E-state index in [9.17, 15) is 17.7 Å². The number of rotatable bonds is 4. The summed E-state index contributed by atoms with van der Waals surface area (Å²) in [6, 6.07) is 0. The predicted octanol–water partition coefficient (Wildman–Crippen LogP) is 2.97. The van der Waals surface area contributed by atoms with Gasteiger partial charge in [-0.1, -0.05) is 15.7 Å². The minimum absolute atomic E-state index is 0.0969. The highest BCUT2D eigenvalue weighted by Crippen LogP contribution is 2.23. The summed E-state index contributed by atoms with van der Waals surface area (Å²) >= 11 is -0.510. The van der Waals surface area contributed by atoms with Crippen molar-refractivity contribution in [1.29, 1.82) is 0 Å². The molecular formula is C10H13F3N2O2S2. The second-order valence-electron chi connectivity index (χ2n) is 4.53. The van der Waals surface area contributed by atoms with Crippen molar-refractivity contribution in [3.05, 3.63) is 11.1 Å². The Morgan fingerprint density at radius 1 is 1.47 bits per heavy atom. The van der Waals surface area contributed by atoms with Gasteiger partial charge in [0.15, 0.2) is 6.61 Å². The molecule has 4 nitrogen and oxygen atoms in total. The highest BCUT2D eigenvalue weighted by atomic mass is 32.2. The van der Waals surface area contributed by atoms with Gasteiger partial charge in [0.05, 0.1) is 17.3 Å². The van der Waals surface area contributed by atoms with Gasteiger partial charge in [0, 0.05) is 0 Å². The quantitative estimate of drug-likeness (QED) is 0.634. The lowest BCUT2D eigenvalue weighted by Gasteiger charge is -2.17. The van der Waals surface area contributed by atoms with Crippen LogP contribution in [0, 0.1) is 0 Å². The summed E-state index contributed by atoms with van der Waals surface area (Å²) in [7, 11) is 0. The summed E-state index contributed by atoms with van der Waals surface area (Å²) in [5.74, 6) is 0. The van der Waals surface area contributed by atoms with Gasteiger partial charge in [-0.3, -0.25) is 0 Å². The van der Waals surface area contributed by atoms with Gasteiger partial charge < -0.3 is 9.29 Å². The van der Waals surface area contributed by atoms with Crippen molar-refractivity contribution in [3.63, 3.8) is 0 Å². The standard InChI is InChI=1S/C10H13F3N2O2S2/c1-9(2,3)19(16)15-5-7-4-14-8(18-7)17-6-10(11,12)13/h4-5H,6H2,1-3H3/t19-/m1/s1. The molecule has 1 atom stereocenters. The van der Waals surface area contributed by atoms with E-state index in [4.69, 9.17) is 0 Å². The number of hydrogen-bond donors (Lipinski definition) is 0. The molecule has 0 unspecified atom stereocenters. The van der Waals surface area contributed by atoms with Gasteiger partial charge in [-0.25, -0.2) is 4.98 Å². The summed E-state index contributed by atoms with van der Waals surface area (Å²) < 4.78 is 55.2. The summed E-state index contributed by atoms with van der Waals surface area (Å²) in [4.78, 5) is 4.15. The largest absolute Gasteiger partial charge is 0.591 e. The van der Waals surface area contributed by atoms with Crippen LogP contribution in [0.15, 0.2) is 10.6 Å². The maximum Gasteiger partial charge on any atom is 0.422 e. The average molecular weight is 314 g/mol. The van der Waals surface area contributed by atoms with Gasteiger partial charge in [0.2, 0.25) is 0 Å². The van der Waals surface area contributed by atoms with E-state index in [1.807, 2.05) is 0 Å². The van der Waals surface area contributed by atoms with Crippen molar-refractivity contribution < 1.29 is 22.5 Å². The zero-order valence-electron chi connectivity index (χ0n) is 10.5. The Morgan fingerprint density at radius 2 is 2.11 bits per heavy atom. The fourth-order valence-corrected chi connectivity index (χ4v) is 2.03. The van der Waals surface area contributed by atoms with Gasteiger partial charge in [0.25, 0.3) is 5.19 Å². The van der Waals surface area contributed by atoms with E-state index in [0.29, 0.717) is 4.88 Å². The molecular weight excluding hydrogens is 301 g/mol. The van der Waals surface area contributed by atoms with Crippen LogP contribution in [0.25, 0.3) is 0 Å². The number of halogens is 3. The Morgan fingerprint density at radius 3 is 2.63 bits per heavy atom. The van der Waals surface area contributed by atoms with Crippen molar-refractivity contribution in [2.45, 2.75) is 31.7 Å². The molecule has 1 heterocycles. The Hall–Kier alpha value is -0.800. The molecule has 9 heteroatoms. The monoisotopic (exact) mass is 314 g/mol. The molecule has 0 aliphatic heterocycles. The molecule has 0 fully saturated rings. The highest BCUT2D eigenvalue weighted by Gasteiger charge is 2.29. The Labute approximate surface area is 116 Å².